The number of aryl methyl sites for hydroxylation is 1. The number of rotatable bonds is 1. The molecule has 1 aromatic heterocycles. The van der Waals surface area contributed by atoms with Crippen molar-refractivity contribution in [3.8, 4) is 0 Å². The molecular weight excluding hydrogens is 210 g/mol. The van der Waals surface area contributed by atoms with Crippen LogP contribution in [0.1, 0.15) is 30.8 Å². The van der Waals surface area contributed by atoms with Gasteiger partial charge < -0.3 is 9.32 Å². The molecule has 0 N–H and O–H groups in total. The van der Waals surface area contributed by atoms with E-state index in [4.69, 9.17) is 4.42 Å². The van der Waals surface area contributed by atoms with Crippen molar-refractivity contribution in [2.75, 3.05) is 19.6 Å². The summed E-state index contributed by atoms with van der Waals surface area (Å²) in [5, 5.41) is 0. The largest absolute Gasteiger partial charge is 0.466 e. The normalized spacial score (nSPS) is 33.8. The second-order valence-corrected chi connectivity index (χ2v) is 4.82. The molecule has 0 aromatic carbocycles. The molecule has 3 rings (SSSR count). The summed E-state index contributed by atoms with van der Waals surface area (Å²) in [6, 6.07) is 4.28. The number of fused-ring (bicyclic) bond motifs is 2. The lowest BCUT2D eigenvalue weighted by Gasteiger charge is -2.32. The van der Waals surface area contributed by atoms with Crippen LogP contribution < -0.4 is 0 Å². The zero-order valence-corrected chi connectivity index (χ0v) is 9.98. The van der Waals surface area contributed by atoms with Crippen molar-refractivity contribution in [1.29, 1.82) is 0 Å². The van der Waals surface area contributed by atoms with Crippen LogP contribution in [0.2, 0.25) is 0 Å². The average Bonchev–Trinajstić information content (AvgIpc) is 2.73. The fraction of sp³-hybridized carbons (Fsp3) is 0.667. The second-order valence-electron chi connectivity index (χ2n) is 4.82. The summed E-state index contributed by atoms with van der Waals surface area (Å²) in [5.41, 5.74) is 0.368. The topological polar surface area (TPSA) is 16.4 Å². The molecule has 3 heteroatoms. The first kappa shape index (κ1) is 11.0. The lowest BCUT2D eigenvalue weighted by atomic mass is 9.79. The number of hydrogen-bond acceptors (Lipinski definition) is 2. The van der Waals surface area contributed by atoms with Crippen LogP contribution in [0.25, 0.3) is 0 Å². The molecule has 84 valence electrons. The third-order valence-corrected chi connectivity index (χ3v) is 3.83. The first-order valence-corrected chi connectivity index (χ1v) is 5.58. The quantitative estimate of drug-likeness (QED) is 0.734. The van der Waals surface area contributed by atoms with Gasteiger partial charge in [-0.1, -0.05) is 0 Å². The van der Waals surface area contributed by atoms with Gasteiger partial charge in [0, 0.05) is 12.0 Å². The van der Waals surface area contributed by atoms with Crippen molar-refractivity contribution >= 4 is 12.4 Å². The second kappa shape index (κ2) is 3.84. The predicted octanol–water partition coefficient (Wildman–Crippen LogP) is 2.75. The maximum atomic E-state index is 5.82. The Labute approximate surface area is 97.0 Å². The van der Waals surface area contributed by atoms with Crippen LogP contribution in [0.5, 0.6) is 0 Å². The minimum Gasteiger partial charge on any atom is -0.466 e. The lowest BCUT2D eigenvalue weighted by Crippen LogP contribution is -2.36. The Morgan fingerprint density at radius 3 is 2.87 bits per heavy atom. The summed E-state index contributed by atoms with van der Waals surface area (Å²) >= 11 is 0. The summed E-state index contributed by atoms with van der Waals surface area (Å²) in [6.45, 7) is 5.82. The number of furan rings is 1. The van der Waals surface area contributed by atoms with Gasteiger partial charge in [0.1, 0.15) is 11.5 Å². The zero-order chi connectivity index (χ0) is 9.60. The summed E-state index contributed by atoms with van der Waals surface area (Å²) in [4.78, 5) is 2.57. The molecule has 0 radical (unpaired) electrons. The van der Waals surface area contributed by atoms with Crippen LogP contribution >= 0.6 is 12.4 Å². The van der Waals surface area contributed by atoms with Gasteiger partial charge in [-0.15, -0.1) is 12.4 Å². The minimum atomic E-state index is 0. The van der Waals surface area contributed by atoms with Gasteiger partial charge in [-0.3, -0.25) is 0 Å². The third-order valence-electron chi connectivity index (χ3n) is 3.83. The van der Waals surface area contributed by atoms with Crippen molar-refractivity contribution in [2.45, 2.75) is 31.6 Å². The Morgan fingerprint density at radius 2 is 2.13 bits per heavy atom. The van der Waals surface area contributed by atoms with E-state index < -0.39 is 0 Å². The van der Waals surface area contributed by atoms with Crippen LogP contribution in [0.4, 0.5) is 0 Å². The number of nitrogens with zero attached hydrogens (tertiary/aromatic N) is 1. The molecule has 2 aliphatic rings. The van der Waals surface area contributed by atoms with Gasteiger partial charge in [0.2, 0.25) is 0 Å². The molecule has 0 saturated carbocycles. The standard InChI is InChI=1S/C12H17NO.ClH/c1-10-3-4-11(14-10)12-5-2-7-13(9-12)8-6-12;/h3-4H,2,5-9H2,1H3;1H. The van der Waals surface area contributed by atoms with Crippen molar-refractivity contribution in [2.24, 2.45) is 0 Å². The highest BCUT2D eigenvalue weighted by Gasteiger charge is 2.44. The molecule has 0 spiro atoms. The molecule has 2 atom stereocenters. The summed E-state index contributed by atoms with van der Waals surface area (Å²) in [6.07, 6.45) is 3.94. The van der Waals surface area contributed by atoms with Crippen LogP contribution in [-0.2, 0) is 5.41 Å². The number of halogens is 1. The van der Waals surface area contributed by atoms with Crippen molar-refractivity contribution < 1.29 is 4.42 Å². The molecule has 2 fully saturated rings. The summed E-state index contributed by atoms with van der Waals surface area (Å²) in [5.74, 6) is 2.29. The number of hydrogen-bond donors (Lipinski definition) is 0. The Morgan fingerprint density at radius 1 is 1.27 bits per heavy atom. The van der Waals surface area contributed by atoms with Crippen molar-refractivity contribution in [1.82, 2.24) is 4.90 Å². The van der Waals surface area contributed by atoms with Gasteiger partial charge in [-0.05, 0) is 51.4 Å². The number of piperidine rings is 1. The average molecular weight is 228 g/mol. The maximum Gasteiger partial charge on any atom is 0.111 e. The smallest absolute Gasteiger partial charge is 0.111 e. The molecular formula is C12H18ClNO. The van der Waals surface area contributed by atoms with Gasteiger partial charge in [0.05, 0.1) is 0 Å². The van der Waals surface area contributed by atoms with E-state index in [1.807, 2.05) is 6.92 Å². The fourth-order valence-corrected chi connectivity index (χ4v) is 3.04. The molecule has 1 aromatic rings. The van der Waals surface area contributed by atoms with Crippen LogP contribution in [0.15, 0.2) is 16.5 Å². The Bertz CT molecular complexity index is 345. The van der Waals surface area contributed by atoms with E-state index in [-0.39, 0.29) is 12.4 Å². The molecule has 2 bridgehead atoms. The summed E-state index contributed by atoms with van der Waals surface area (Å²) < 4.78 is 5.82. The maximum absolute atomic E-state index is 5.82. The van der Waals surface area contributed by atoms with Crippen LogP contribution in [-0.4, -0.2) is 24.5 Å². The minimum absolute atomic E-state index is 0. The van der Waals surface area contributed by atoms with Gasteiger partial charge >= 0.3 is 0 Å². The highest BCUT2D eigenvalue weighted by Crippen LogP contribution is 2.42. The van der Waals surface area contributed by atoms with Crippen LogP contribution in [0, 0.1) is 6.92 Å². The van der Waals surface area contributed by atoms with E-state index >= 15 is 0 Å². The molecule has 3 heterocycles. The molecule has 2 saturated heterocycles. The first-order valence-electron chi connectivity index (χ1n) is 5.58. The molecule has 0 aliphatic carbocycles. The van der Waals surface area contributed by atoms with Crippen LogP contribution in [0.3, 0.4) is 0 Å². The third kappa shape index (κ3) is 1.70. The Kier molecular flexibility index (Phi) is 2.82. The van der Waals surface area contributed by atoms with E-state index in [0.717, 1.165) is 5.76 Å². The van der Waals surface area contributed by atoms with Gasteiger partial charge in [0.25, 0.3) is 0 Å². The van der Waals surface area contributed by atoms with Gasteiger partial charge in [-0.25, -0.2) is 0 Å². The highest BCUT2D eigenvalue weighted by atomic mass is 35.5. The lowest BCUT2D eigenvalue weighted by molar-refractivity contribution is 0.218. The van der Waals surface area contributed by atoms with Crippen molar-refractivity contribution in [3.05, 3.63) is 23.7 Å². The van der Waals surface area contributed by atoms with E-state index in [1.54, 1.807) is 0 Å². The molecule has 15 heavy (non-hydrogen) atoms. The zero-order valence-electron chi connectivity index (χ0n) is 9.16. The van der Waals surface area contributed by atoms with E-state index in [9.17, 15) is 0 Å². The molecule has 2 nitrogen and oxygen atoms in total. The highest BCUT2D eigenvalue weighted by molar-refractivity contribution is 5.85. The fourth-order valence-electron chi connectivity index (χ4n) is 3.04. The SMILES string of the molecule is Cc1ccc(C23CCCN(CC2)C3)o1.Cl. The monoisotopic (exact) mass is 227 g/mol. The molecule has 2 aliphatic heterocycles. The first-order chi connectivity index (χ1) is 6.78. The Hall–Kier alpha value is -0.470. The van der Waals surface area contributed by atoms with E-state index in [2.05, 4.69) is 17.0 Å². The molecule has 2 unspecified atom stereocenters. The van der Waals surface area contributed by atoms with E-state index in [1.165, 1.54) is 44.7 Å². The van der Waals surface area contributed by atoms with Gasteiger partial charge in [-0.2, -0.15) is 0 Å². The Balaban J connectivity index is 0.000000853. The van der Waals surface area contributed by atoms with E-state index in [0.29, 0.717) is 5.41 Å². The predicted molar refractivity (Wildman–Crippen MR) is 62.7 cm³/mol. The molecule has 0 amide bonds. The van der Waals surface area contributed by atoms with Crippen molar-refractivity contribution in [3.63, 3.8) is 0 Å². The summed E-state index contributed by atoms with van der Waals surface area (Å²) in [7, 11) is 0. The van der Waals surface area contributed by atoms with Gasteiger partial charge in [0.15, 0.2) is 0 Å².